The first-order valence-electron chi connectivity index (χ1n) is 16.3. The van der Waals surface area contributed by atoms with Gasteiger partial charge in [-0.25, -0.2) is 4.39 Å². The van der Waals surface area contributed by atoms with E-state index in [9.17, 15) is 4.39 Å². The highest BCUT2D eigenvalue weighted by atomic mass is 19.1. The Hall–Kier alpha value is -4.83. The first-order valence-corrected chi connectivity index (χ1v) is 16.3. The number of fused-ring (bicyclic) bond motifs is 2. The Morgan fingerprint density at radius 2 is 1.65 bits per heavy atom. The van der Waals surface area contributed by atoms with E-state index in [1.807, 2.05) is 36.5 Å². The number of pyridine rings is 3. The van der Waals surface area contributed by atoms with Crippen LogP contribution < -0.4 is 9.47 Å². The van der Waals surface area contributed by atoms with Gasteiger partial charge in [-0.05, 0) is 88.0 Å². The molecule has 8 rings (SSSR count). The van der Waals surface area contributed by atoms with Crippen molar-refractivity contribution >= 4 is 21.8 Å². The van der Waals surface area contributed by atoms with Gasteiger partial charge in [0.05, 0.1) is 41.1 Å². The number of nitrogens with one attached hydrogen (secondary N) is 2. The summed E-state index contributed by atoms with van der Waals surface area (Å²) in [7, 11) is 0. The van der Waals surface area contributed by atoms with Gasteiger partial charge < -0.3 is 14.5 Å². The molecule has 1 saturated carbocycles. The number of H-pyrrole nitrogens is 2. The zero-order valence-electron chi connectivity index (χ0n) is 25.6. The summed E-state index contributed by atoms with van der Waals surface area (Å²) in [5.41, 5.74) is 6.28. The van der Waals surface area contributed by atoms with Crippen LogP contribution >= 0.6 is 0 Å². The summed E-state index contributed by atoms with van der Waals surface area (Å²) in [5.74, 6) is 0.918. The highest BCUT2D eigenvalue weighted by Gasteiger charge is 2.18. The van der Waals surface area contributed by atoms with E-state index >= 15 is 0 Å². The van der Waals surface area contributed by atoms with Crippen LogP contribution in [0.3, 0.4) is 0 Å². The third-order valence-corrected chi connectivity index (χ3v) is 9.13. The van der Waals surface area contributed by atoms with Gasteiger partial charge in [0.15, 0.2) is 0 Å². The topological polar surface area (TPSA) is 105 Å². The molecule has 1 saturated heterocycles. The van der Waals surface area contributed by atoms with Crippen molar-refractivity contribution in [3.05, 3.63) is 73.1 Å². The molecule has 9 nitrogen and oxygen atoms in total. The predicted molar refractivity (Wildman–Crippen MR) is 176 cm³/mol. The van der Waals surface area contributed by atoms with Crippen molar-refractivity contribution in [1.82, 2.24) is 35.0 Å². The van der Waals surface area contributed by atoms with Gasteiger partial charge in [0.25, 0.3) is 0 Å². The summed E-state index contributed by atoms with van der Waals surface area (Å²) >= 11 is 0. The molecule has 2 fully saturated rings. The van der Waals surface area contributed by atoms with Crippen molar-refractivity contribution in [3.8, 4) is 45.4 Å². The summed E-state index contributed by atoms with van der Waals surface area (Å²) in [6.07, 6.45) is 15.7. The Balaban J connectivity index is 1.08. The number of hydrogen-bond donors (Lipinski definition) is 2. The summed E-state index contributed by atoms with van der Waals surface area (Å²) < 4.78 is 27.1. The number of benzene rings is 1. The summed E-state index contributed by atoms with van der Waals surface area (Å²) in [6, 6.07) is 12.8. The Morgan fingerprint density at radius 1 is 0.804 bits per heavy atom. The molecule has 6 heterocycles. The third kappa shape index (κ3) is 5.92. The molecule has 5 aromatic heterocycles. The smallest absolute Gasteiger partial charge is 0.138 e. The SMILES string of the molecule is Fc1cc(OCCN2CCCC2)cc(-c2nccc3[nH]c(-c4n[nH]c5cnc(-c6cncc(OC7CCCCC7)c6)cc45)cc23)c1. The summed E-state index contributed by atoms with van der Waals surface area (Å²) in [4.78, 5) is 19.7. The van der Waals surface area contributed by atoms with Crippen LogP contribution in [-0.4, -0.2) is 67.4 Å². The first-order chi connectivity index (χ1) is 22.7. The van der Waals surface area contributed by atoms with E-state index < -0.39 is 0 Å². The number of halogens is 1. The third-order valence-electron chi connectivity index (χ3n) is 9.13. The van der Waals surface area contributed by atoms with Crippen molar-refractivity contribution in [2.75, 3.05) is 26.2 Å². The minimum Gasteiger partial charge on any atom is -0.492 e. The van der Waals surface area contributed by atoms with E-state index in [-0.39, 0.29) is 11.9 Å². The molecular formula is C36H36FN7O2. The molecule has 1 aromatic carbocycles. The largest absolute Gasteiger partial charge is 0.492 e. The molecule has 10 heteroatoms. The number of likely N-dealkylation sites (tertiary alicyclic amines) is 1. The number of hydrogen-bond acceptors (Lipinski definition) is 7. The molecule has 0 unspecified atom stereocenters. The van der Waals surface area contributed by atoms with Gasteiger partial charge in [0, 0.05) is 52.4 Å². The lowest BCUT2D eigenvalue weighted by atomic mass is 9.98. The Morgan fingerprint density at radius 3 is 2.54 bits per heavy atom. The molecule has 1 aliphatic carbocycles. The van der Waals surface area contributed by atoms with E-state index in [0.29, 0.717) is 23.6 Å². The van der Waals surface area contributed by atoms with E-state index in [1.54, 1.807) is 18.6 Å². The van der Waals surface area contributed by atoms with Crippen molar-refractivity contribution in [2.45, 2.75) is 51.0 Å². The molecule has 0 amide bonds. The molecule has 2 aliphatic rings. The molecule has 0 spiro atoms. The molecule has 234 valence electrons. The summed E-state index contributed by atoms with van der Waals surface area (Å²) in [5, 5.41) is 9.55. The van der Waals surface area contributed by atoms with Crippen LogP contribution in [0.1, 0.15) is 44.9 Å². The zero-order chi connectivity index (χ0) is 30.9. The normalized spacial score (nSPS) is 16.0. The van der Waals surface area contributed by atoms with Crippen molar-refractivity contribution < 1.29 is 13.9 Å². The molecule has 6 aromatic rings. The van der Waals surface area contributed by atoms with Gasteiger partial charge in [-0.15, -0.1) is 0 Å². The number of ether oxygens (including phenoxy) is 2. The van der Waals surface area contributed by atoms with Crippen LogP contribution in [0.2, 0.25) is 0 Å². The van der Waals surface area contributed by atoms with Crippen LogP contribution in [0, 0.1) is 5.82 Å². The monoisotopic (exact) mass is 617 g/mol. The van der Waals surface area contributed by atoms with Crippen LogP contribution in [0.25, 0.3) is 55.7 Å². The van der Waals surface area contributed by atoms with Crippen LogP contribution in [0.5, 0.6) is 11.5 Å². The minimum atomic E-state index is -0.357. The Kier molecular flexibility index (Phi) is 7.79. The van der Waals surface area contributed by atoms with E-state index in [2.05, 4.69) is 30.0 Å². The van der Waals surface area contributed by atoms with Gasteiger partial charge in [-0.3, -0.25) is 25.0 Å². The molecule has 1 aliphatic heterocycles. The van der Waals surface area contributed by atoms with Crippen molar-refractivity contribution in [2.24, 2.45) is 0 Å². The molecular weight excluding hydrogens is 581 g/mol. The fraction of sp³-hybridized carbons (Fsp3) is 0.333. The van der Waals surface area contributed by atoms with Gasteiger partial charge in [-0.2, -0.15) is 5.10 Å². The molecule has 0 bridgehead atoms. The second kappa shape index (κ2) is 12.5. The van der Waals surface area contributed by atoms with Gasteiger partial charge in [-0.1, -0.05) is 6.42 Å². The maximum atomic E-state index is 14.8. The zero-order valence-corrected chi connectivity index (χ0v) is 25.6. The van der Waals surface area contributed by atoms with Gasteiger partial charge in [0.2, 0.25) is 0 Å². The predicted octanol–water partition coefficient (Wildman–Crippen LogP) is 7.56. The van der Waals surface area contributed by atoms with Crippen LogP contribution in [0.15, 0.2) is 67.3 Å². The van der Waals surface area contributed by atoms with E-state index in [0.717, 1.165) is 82.7 Å². The average molecular weight is 618 g/mol. The van der Waals surface area contributed by atoms with Crippen molar-refractivity contribution in [1.29, 1.82) is 0 Å². The van der Waals surface area contributed by atoms with E-state index in [4.69, 9.17) is 14.5 Å². The summed E-state index contributed by atoms with van der Waals surface area (Å²) in [6.45, 7) is 3.56. The van der Waals surface area contributed by atoms with E-state index in [1.165, 1.54) is 44.2 Å². The van der Waals surface area contributed by atoms with Crippen molar-refractivity contribution in [3.63, 3.8) is 0 Å². The maximum Gasteiger partial charge on any atom is 0.138 e. The highest BCUT2D eigenvalue weighted by Crippen LogP contribution is 2.35. The maximum absolute atomic E-state index is 14.8. The molecule has 46 heavy (non-hydrogen) atoms. The highest BCUT2D eigenvalue weighted by molar-refractivity contribution is 6.00. The second-order valence-electron chi connectivity index (χ2n) is 12.4. The molecule has 2 N–H and O–H groups in total. The van der Waals surface area contributed by atoms with Crippen LogP contribution in [-0.2, 0) is 0 Å². The Bertz CT molecular complexity index is 1990. The first kappa shape index (κ1) is 28.6. The lowest BCUT2D eigenvalue weighted by Gasteiger charge is -2.22. The average Bonchev–Trinajstić information content (AvgIpc) is 3.85. The quantitative estimate of drug-likeness (QED) is 0.173. The fourth-order valence-electron chi connectivity index (χ4n) is 6.77. The van der Waals surface area contributed by atoms with Gasteiger partial charge >= 0.3 is 0 Å². The molecule has 0 atom stereocenters. The molecule has 0 radical (unpaired) electrons. The van der Waals surface area contributed by atoms with Gasteiger partial charge in [0.1, 0.15) is 29.6 Å². The number of rotatable bonds is 9. The van der Waals surface area contributed by atoms with Crippen LogP contribution in [0.4, 0.5) is 4.39 Å². The Labute approximate surface area is 266 Å². The standard InChI is InChI=1S/C36H36FN7O2/c37-25-14-23(15-27(17-25)45-13-12-44-10-4-5-11-44)35-29-19-33(41-31(29)8-9-39-35)36-30-18-32(40-22-34(30)42-43-36)24-16-28(21-38-20-24)46-26-6-2-1-3-7-26/h8-9,14-22,26,41H,1-7,10-13H2,(H,42,43). The number of nitrogens with zero attached hydrogens (tertiary/aromatic N) is 5. The number of aromatic nitrogens is 6. The minimum absolute atomic E-state index is 0.245. The number of aromatic amines is 2. The lowest BCUT2D eigenvalue weighted by Crippen LogP contribution is -2.25. The second-order valence-corrected chi connectivity index (χ2v) is 12.4. The lowest BCUT2D eigenvalue weighted by molar-refractivity contribution is 0.154. The fourth-order valence-corrected chi connectivity index (χ4v) is 6.77.